The van der Waals surface area contributed by atoms with Gasteiger partial charge in [0.05, 0.1) is 11.6 Å². The van der Waals surface area contributed by atoms with E-state index < -0.39 is 0 Å². The average molecular weight is 291 g/mol. The Kier molecular flexibility index (Phi) is 3.80. The van der Waals surface area contributed by atoms with Crippen LogP contribution in [0.4, 0.5) is 11.4 Å². The van der Waals surface area contributed by atoms with Gasteiger partial charge in [0.25, 0.3) is 0 Å². The van der Waals surface area contributed by atoms with Gasteiger partial charge >= 0.3 is 0 Å². The maximum Gasteiger partial charge on any atom is 0.246 e. The third-order valence-electron chi connectivity index (χ3n) is 4.03. The number of rotatable bonds is 3. The fourth-order valence-electron chi connectivity index (χ4n) is 2.82. The molecule has 0 radical (unpaired) electrons. The number of nitrogens with zero attached hydrogens (tertiary/aromatic N) is 2. The highest BCUT2D eigenvalue weighted by Crippen LogP contribution is 2.29. The number of fused-ring (bicyclic) bond motifs is 1. The van der Waals surface area contributed by atoms with E-state index >= 15 is 0 Å². The van der Waals surface area contributed by atoms with E-state index in [-0.39, 0.29) is 11.9 Å². The fraction of sp³-hybridized carbons (Fsp3) is 0.222. The van der Waals surface area contributed by atoms with Crippen LogP contribution in [0, 0.1) is 11.3 Å². The lowest BCUT2D eigenvalue weighted by Crippen LogP contribution is -2.41. The Morgan fingerprint density at radius 1 is 1.27 bits per heavy atom. The lowest BCUT2D eigenvalue weighted by Gasteiger charge is -2.26. The molecular formula is C18H17N3O. The molecule has 4 nitrogen and oxygen atoms in total. The maximum atomic E-state index is 12.5. The highest BCUT2D eigenvalue weighted by Gasteiger charge is 2.27. The molecule has 1 heterocycles. The number of hydrogen-bond acceptors (Lipinski definition) is 3. The van der Waals surface area contributed by atoms with Crippen molar-refractivity contribution in [1.29, 1.82) is 5.26 Å². The smallest absolute Gasteiger partial charge is 0.246 e. The molecule has 110 valence electrons. The van der Waals surface area contributed by atoms with Crippen molar-refractivity contribution in [2.75, 3.05) is 16.8 Å². The Balaban J connectivity index is 1.74. The Labute approximate surface area is 130 Å². The zero-order valence-corrected chi connectivity index (χ0v) is 12.4. The molecule has 0 saturated carbocycles. The number of nitriles is 1. The number of carbonyl (C=O) groups is 1. The molecule has 1 aliphatic heterocycles. The Hall–Kier alpha value is -2.80. The summed E-state index contributed by atoms with van der Waals surface area (Å²) in [6.07, 6.45) is 0.970. The van der Waals surface area contributed by atoms with Crippen molar-refractivity contribution >= 4 is 17.3 Å². The van der Waals surface area contributed by atoms with E-state index in [1.807, 2.05) is 19.1 Å². The highest BCUT2D eigenvalue weighted by atomic mass is 16.2. The molecule has 2 aromatic rings. The van der Waals surface area contributed by atoms with E-state index in [0.29, 0.717) is 11.3 Å². The number of benzene rings is 2. The van der Waals surface area contributed by atoms with Crippen LogP contribution in [0.2, 0.25) is 0 Å². The van der Waals surface area contributed by atoms with Crippen LogP contribution >= 0.6 is 0 Å². The topological polar surface area (TPSA) is 56.1 Å². The van der Waals surface area contributed by atoms with Crippen molar-refractivity contribution in [3.63, 3.8) is 0 Å². The SMILES string of the molecule is C[C@@H](C(=O)Nc1cccc(C#N)c1)N1CCc2ccccc21. The van der Waals surface area contributed by atoms with Crippen molar-refractivity contribution in [1.82, 2.24) is 0 Å². The van der Waals surface area contributed by atoms with Gasteiger partial charge in [0, 0.05) is 17.9 Å². The van der Waals surface area contributed by atoms with Gasteiger partial charge < -0.3 is 10.2 Å². The Morgan fingerprint density at radius 2 is 2.09 bits per heavy atom. The van der Waals surface area contributed by atoms with Crippen LogP contribution in [-0.4, -0.2) is 18.5 Å². The van der Waals surface area contributed by atoms with Crippen molar-refractivity contribution < 1.29 is 4.79 Å². The molecule has 1 N–H and O–H groups in total. The minimum Gasteiger partial charge on any atom is -0.359 e. The van der Waals surface area contributed by atoms with Crippen molar-refractivity contribution in [3.05, 3.63) is 59.7 Å². The molecule has 0 aliphatic carbocycles. The Morgan fingerprint density at radius 3 is 2.91 bits per heavy atom. The first-order valence-electron chi connectivity index (χ1n) is 7.34. The number of amides is 1. The lowest BCUT2D eigenvalue weighted by atomic mass is 10.1. The van der Waals surface area contributed by atoms with E-state index in [2.05, 4.69) is 28.4 Å². The van der Waals surface area contributed by atoms with Gasteiger partial charge in [-0.25, -0.2) is 0 Å². The summed E-state index contributed by atoms with van der Waals surface area (Å²) < 4.78 is 0. The van der Waals surface area contributed by atoms with Gasteiger partial charge in [0.15, 0.2) is 0 Å². The quantitative estimate of drug-likeness (QED) is 0.946. The summed E-state index contributed by atoms with van der Waals surface area (Å²) in [5.41, 5.74) is 3.62. The first-order chi connectivity index (χ1) is 10.7. The number of nitrogens with one attached hydrogen (secondary N) is 1. The average Bonchev–Trinajstić information content (AvgIpc) is 2.98. The van der Waals surface area contributed by atoms with Crippen LogP contribution < -0.4 is 10.2 Å². The van der Waals surface area contributed by atoms with Crippen LogP contribution in [-0.2, 0) is 11.2 Å². The third kappa shape index (κ3) is 2.66. The third-order valence-corrected chi connectivity index (χ3v) is 4.03. The minimum atomic E-state index is -0.255. The van der Waals surface area contributed by atoms with Gasteiger partial charge in [0.1, 0.15) is 6.04 Å². The molecule has 0 fully saturated rings. The molecule has 1 atom stereocenters. The van der Waals surface area contributed by atoms with Gasteiger partial charge in [0.2, 0.25) is 5.91 Å². The second-order valence-corrected chi connectivity index (χ2v) is 5.43. The maximum absolute atomic E-state index is 12.5. The standard InChI is InChI=1S/C18H17N3O/c1-13(21-10-9-15-6-2-3-8-17(15)21)18(22)20-16-7-4-5-14(11-16)12-19/h2-8,11,13H,9-10H2,1H3,(H,20,22)/t13-/m0/s1. The molecule has 0 saturated heterocycles. The van der Waals surface area contributed by atoms with Crippen LogP contribution in [0.15, 0.2) is 48.5 Å². The zero-order chi connectivity index (χ0) is 15.5. The fourth-order valence-corrected chi connectivity index (χ4v) is 2.82. The van der Waals surface area contributed by atoms with Crippen LogP contribution in [0.3, 0.4) is 0 Å². The Bertz CT molecular complexity index is 748. The van der Waals surface area contributed by atoms with Gasteiger partial charge in [-0.2, -0.15) is 5.26 Å². The van der Waals surface area contributed by atoms with E-state index in [1.54, 1.807) is 24.3 Å². The van der Waals surface area contributed by atoms with Gasteiger partial charge in [-0.1, -0.05) is 24.3 Å². The summed E-state index contributed by atoms with van der Waals surface area (Å²) in [7, 11) is 0. The molecule has 0 spiro atoms. The van der Waals surface area contributed by atoms with E-state index in [9.17, 15) is 4.79 Å². The van der Waals surface area contributed by atoms with E-state index in [1.165, 1.54) is 5.56 Å². The van der Waals surface area contributed by atoms with E-state index in [4.69, 9.17) is 5.26 Å². The number of carbonyl (C=O) groups excluding carboxylic acids is 1. The molecule has 4 heteroatoms. The molecule has 0 bridgehead atoms. The summed E-state index contributed by atoms with van der Waals surface area (Å²) >= 11 is 0. The first kappa shape index (κ1) is 14.2. The van der Waals surface area contributed by atoms with Crippen molar-refractivity contribution in [2.45, 2.75) is 19.4 Å². The lowest BCUT2D eigenvalue weighted by molar-refractivity contribution is -0.117. The number of anilines is 2. The predicted octanol–water partition coefficient (Wildman–Crippen LogP) is 2.95. The first-order valence-corrected chi connectivity index (χ1v) is 7.34. The summed E-state index contributed by atoms with van der Waals surface area (Å²) in [5, 5.41) is 11.8. The van der Waals surface area contributed by atoms with Gasteiger partial charge in [-0.05, 0) is 43.2 Å². The summed E-state index contributed by atoms with van der Waals surface area (Å²) in [6, 6.07) is 17.0. The summed E-state index contributed by atoms with van der Waals surface area (Å²) in [6.45, 7) is 2.76. The number of para-hydroxylation sites is 1. The van der Waals surface area contributed by atoms with Gasteiger partial charge in [-0.15, -0.1) is 0 Å². The largest absolute Gasteiger partial charge is 0.359 e. The number of hydrogen-bond donors (Lipinski definition) is 1. The van der Waals surface area contributed by atoms with Crippen LogP contribution in [0.25, 0.3) is 0 Å². The molecule has 3 rings (SSSR count). The molecular weight excluding hydrogens is 274 g/mol. The van der Waals surface area contributed by atoms with Crippen LogP contribution in [0.5, 0.6) is 0 Å². The molecule has 1 aliphatic rings. The van der Waals surface area contributed by atoms with Gasteiger partial charge in [-0.3, -0.25) is 4.79 Å². The molecule has 0 aromatic heterocycles. The van der Waals surface area contributed by atoms with Crippen molar-refractivity contribution in [3.8, 4) is 6.07 Å². The second kappa shape index (κ2) is 5.90. The minimum absolute atomic E-state index is 0.0632. The van der Waals surface area contributed by atoms with Crippen LogP contribution in [0.1, 0.15) is 18.1 Å². The van der Waals surface area contributed by atoms with E-state index in [0.717, 1.165) is 18.7 Å². The second-order valence-electron chi connectivity index (χ2n) is 5.43. The molecule has 0 unspecified atom stereocenters. The summed E-state index contributed by atoms with van der Waals surface area (Å²) in [4.78, 5) is 14.6. The zero-order valence-electron chi connectivity index (χ0n) is 12.4. The summed E-state index contributed by atoms with van der Waals surface area (Å²) in [5.74, 6) is -0.0632. The molecule has 2 aromatic carbocycles. The highest BCUT2D eigenvalue weighted by molar-refractivity contribution is 5.97. The molecule has 1 amide bonds. The monoisotopic (exact) mass is 291 g/mol. The molecule has 22 heavy (non-hydrogen) atoms. The van der Waals surface area contributed by atoms with Crippen molar-refractivity contribution in [2.24, 2.45) is 0 Å². The predicted molar refractivity (Wildman–Crippen MR) is 86.7 cm³/mol. The normalized spacial score (nSPS) is 14.1.